The number of carbonyl (C=O) groups excluding carboxylic acids is 1. The third-order valence-electron chi connectivity index (χ3n) is 1.79. The van der Waals surface area contributed by atoms with Gasteiger partial charge in [0.2, 0.25) is 0 Å². The van der Waals surface area contributed by atoms with E-state index in [9.17, 15) is 4.79 Å². The Morgan fingerprint density at radius 3 is 2.86 bits per heavy atom. The van der Waals surface area contributed by atoms with E-state index in [4.69, 9.17) is 18.0 Å². The van der Waals surface area contributed by atoms with Gasteiger partial charge in [-0.2, -0.15) is 0 Å². The maximum atomic E-state index is 11.0. The molecule has 0 amide bonds. The number of nitrogens with two attached hydrogens (primary N) is 1. The molecular weight excluding hydrogens is 198 g/mol. The van der Waals surface area contributed by atoms with E-state index in [0.29, 0.717) is 4.99 Å². The largest absolute Gasteiger partial charge is 0.469 e. The molecule has 14 heavy (non-hydrogen) atoms. The lowest BCUT2D eigenvalue weighted by atomic mass is 10.1. The fourth-order valence-electron chi connectivity index (χ4n) is 1.07. The molecule has 3 nitrogen and oxygen atoms in total. The lowest BCUT2D eigenvalue weighted by molar-refractivity contribution is -0.139. The zero-order chi connectivity index (χ0) is 10.6. The summed E-state index contributed by atoms with van der Waals surface area (Å²) in [7, 11) is 1.36. The summed E-state index contributed by atoms with van der Waals surface area (Å²) >= 11 is 4.83. The van der Waals surface area contributed by atoms with Gasteiger partial charge in [-0.3, -0.25) is 4.79 Å². The van der Waals surface area contributed by atoms with Gasteiger partial charge in [0.25, 0.3) is 0 Å². The van der Waals surface area contributed by atoms with Crippen LogP contribution in [0.15, 0.2) is 24.3 Å². The standard InChI is InChI=1S/C10H11NO2S/c1-13-9(12)6-7-3-2-4-8(5-7)10(11)14/h2-5H,6H2,1H3,(H2,11,14). The minimum Gasteiger partial charge on any atom is -0.469 e. The zero-order valence-corrected chi connectivity index (χ0v) is 8.64. The zero-order valence-electron chi connectivity index (χ0n) is 7.82. The van der Waals surface area contributed by atoms with Crippen molar-refractivity contribution in [1.82, 2.24) is 0 Å². The van der Waals surface area contributed by atoms with E-state index >= 15 is 0 Å². The smallest absolute Gasteiger partial charge is 0.309 e. The summed E-state index contributed by atoms with van der Waals surface area (Å²) in [6.07, 6.45) is 0.243. The molecule has 0 spiro atoms. The summed E-state index contributed by atoms with van der Waals surface area (Å²) in [4.78, 5) is 11.3. The van der Waals surface area contributed by atoms with Crippen molar-refractivity contribution in [1.29, 1.82) is 0 Å². The predicted molar refractivity (Wildman–Crippen MR) is 58.0 cm³/mol. The maximum absolute atomic E-state index is 11.0. The lowest BCUT2D eigenvalue weighted by Gasteiger charge is -2.02. The molecule has 0 unspecified atom stereocenters. The molecule has 4 heteroatoms. The van der Waals surface area contributed by atoms with Gasteiger partial charge in [-0.25, -0.2) is 0 Å². The summed E-state index contributed by atoms with van der Waals surface area (Å²) in [6.45, 7) is 0. The van der Waals surface area contributed by atoms with Crippen LogP contribution in [-0.2, 0) is 16.0 Å². The molecule has 0 heterocycles. The number of esters is 1. The Balaban J connectivity index is 2.83. The normalized spacial score (nSPS) is 9.50. The van der Waals surface area contributed by atoms with Crippen LogP contribution < -0.4 is 5.73 Å². The molecular formula is C10H11NO2S. The van der Waals surface area contributed by atoms with Gasteiger partial charge in [0.05, 0.1) is 13.5 Å². The lowest BCUT2D eigenvalue weighted by Crippen LogP contribution is -2.10. The molecule has 0 aliphatic carbocycles. The minimum atomic E-state index is -0.273. The Labute approximate surface area is 87.9 Å². The number of methoxy groups -OCH3 is 1. The van der Waals surface area contributed by atoms with E-state index in [1.807, 2.05) is 18.2 Å². The monoisotopic (exact) mass is 209 g/mol. The van der Waals surface area contributed by atoms with Crippen molar-refractivity contribution < 1.29 is 9.53 Å². The fourth-order valence-corrected chi connectivity index (χ4v) is 1.20. The predicted octanol–water partition coefficient (Wildman–Crippen LogP) is 1.04. The van der Waals surface area contributed by atoms with Crippen molar-refractivity contribution in [2.75, 3.05) is 7.11 Å². The average molecular weight is 209 g/mol. The Hall–Kier alpha value is -1.42. The Bertz CT molecular complexity index is 363. The Morgan fingerprint density at radius 2 is 2.29 bits per heavy atom. The first kappa shape index (κ1) is 10.7. The van der Waals surface area contributed by atoms with Gasteiger partial charge in [-0.05, 0) is 11.6 Å². The first-order chi connectivity index (χ1) is 6.63. The van der Waals surface area contributed by atoms with E-state index in [1.165, 1.54) is 7.11 Å². The van der Waals surface area contributed by atoms with Gasteiger partial charge in [-0.1, -0.05) is 30.4 Å². The van der Waals surface area contributed by atoms with Gasteiger partial charge in [0.1, 0.15) is 4.99 Å². The molecule has 2 N–H and O–H groups in total. The van der Waals surface area contributed by atoms with Gasteiger partial charge >= 0.3 is 5.97 Å². The van der Waals surface area contributed by atoms with Crippen LogP contribution in [0.5, 0.6) is 0 Å². The Kier molecular flexibility index (Phi) is 3.59. The first-order valence-electron chi connectivity index (χ1n) is 4.09. The van der Waals surface area contributed by atoms with Crippen molar-refractivity contribution >= 4 is 23.2 Å². The molecule has 1 rings (SSSR count). The third-order valence-corrected chi connectivity index (χ3v) is 2.02. The highest BCUT2D eigenvalue weighted by Gasteiger charge is 2.03. The number of thiocarbonyl (C=S) groups is 1. The summed E-state index contributed by atoms with van der Waals surface area (Å²) in [5.74, 6) is -0.273. The number of hydrogen-bond donors (Lipinski definition) is 1. The molecule has 0 aromatic heterocycles. The molecule has 1 aromatic rings. The highest BCUT2D eigenvalue weighted by molar-refractivity contribution is 7.80. The van der Waals surface area contributed by atoms with Crippen LogP contribution in [0.2, 0.25) is 0 Å². The van der Waals surface area contributed by atoms with Crippen molar-refractivity contribution in [2.45, 2.75) is 6.42 Å². The van der Waals surface area contributed by atoms with Gasteiger partial charge in [0, 0.05) is 5.56 Å². The molecule has 1 aromatic carbocycles. The molecule has 0 saturated heterocycles. The molecule has 74 valence electrons. The second-order valence-corrected chi connectivity index (χ2v) is 3.26. The van der Waals surface area contributed by atoms with E-state index in [-0.39, 0.29) is 12.4 Å². The van der Waals surface area contributed by atoms with Crippen LogP contribution in [0, 0.1) is 0 Å². The highest BCUT2D eigenvalue weighted by Crippen LogP contribution is 2.06. The van der Waals surface area contributed by atoms with Gasteiger partial charge in [0.15, 0.2) is 0 Å². The number of hydrogen-bond acceptors (Lipinski definition) is 3. The van der Waals surface area contributed by atoms with Crippen molar-refractivity contribution in [3.63, 3.8) is 0 Å². The van der Waals surface area contributed by atoms with E-state index in [0.717, 1.165) is 11.1 Å². The van der Waals surface area contributed by atoms with Crippen LogP contribution in [0.1, 0.15) is 11.1 Å². The molecule has 0 bridgehead atoms. The molecule has 0 aliphatic rings. The summed E-state index contributed by atoms with van der Waals surface area (Å²) in [5, 5.41) is 0. The quantitative estimate of drug-likeness (QED) is 0.597. The molecule has 0 radical (unpaired) electrons. The van der Waals surface area contributed by atoms with Crippen LogP contribution >= 0.6 is 12.2 Å². The number of rotatable bonds is 3. The summed E-state index contributed by atoms with van der Waals surface area (Å²) in [5.41, 5.74) is 7.08. The maximum Gasteiger partial charge on any atom is 0.309 e. The molecule has 0 saturated carbocycles. The fraction of sp³-hybridized carbons (Fsp3) is 0.200. The topological polar surface area (TPSA) is 52.3 Å². The van der Waals surface area contributed by atoms with Gasteiger partial charge < -0.3 is 10.5 Å². The molecule has 0 aliphatic heterocycles. The van der Waals surface area contributed by atoms with Crippen LogP contribution in [0.3, 0.4) is 0 Å². The minimum absolute atomic E-state index is 0.243. The van der Waals surface area contributed by atoms with Crippen LogP contribution in [-0.4, -0.2) is 18.1 Å². The van der Waals surface area contributed by atoms with E-state index < -0.39 is 0 Å². The molecule has 0 atom stereocenters. The SMILES string of the molecule is COC(=O)Cc1cccc(C(N)=S)c1. The number of benzene rings is 1. The number of ether oxygens (including phenoxy) is 1. The van der Waals surface area contributed by atoms with E-state index in [2.05, 4.69) is 4.74 Å². The number of carbonyl (C=O) groups is 1. The van der Waals surface area contributed by atoms with Crippen molar-refractivity contribution in [2.24, 2.45) is 5.73 Å². The third kappa shape index (κ3) is 2.81. The van der Waals surface area contributed by atoms with Crippen molar-refractivity contribution in [3.05, 3.63) is 35.4 Å². The Morgan fingerprint density at radius 1 is 1.57 bits per heavy atom. The summed E-state index contributed by atoms with van der Waals surface area (Å²) in [6, 6.07) is 7.24. The van der Waals surface area contributed by atoms with Crippen LogP contribution in [0.25, 0.3) is 0 Å². The summed E-state index contributed by atoms with van der Waals surface area (Å²) < 4.78 is 4.55. The van der Waals surface area contributed by atoms with Crippen molar-refractivity contribution in [3.8, 4) is 0 Å². The van der Waals surface area contributed by atoms with Crippen LogP contribution in [0.4, 0.5) is 0 Å². The van der Waals surface area contributed by atoms with Gasteiger partial charge in [-0.15, -0.1) is 0 Å². The highest BCUT2D eigenvalue weighted by atomic mass is 32.1. The second kappa shape index (κ2) is 4.72. The second-order valence-electron chi connectivity index (χ2n) is 2.82. The average Bonchev–Trinajstić information content (AvgIpc) is 2.18. The molecule has 0 fully saturated rings. The first-order valence-corrected chi connectivity index (χ1v) is 4.50. The van der Waals surface area contributed by atoms with E-state index in [1.54, 1.807) is 6.07 Å².